The Morgan fingerprint density at radius 1 is 1.18 bits per heavy atom. The molecule has 2 heterocycles. The fourth-order valence-corrected chi connectivity index (χ4v) is 5.43. The van der Waals surface area contributed by atoms with E-state index in [1.807, 2.05) is 24.8 Å². The van der Waals surface area contributed by atoms with E-state index in [4.69, 9.17) is 16.3 Å². The molecule has 1 amide bonds. The summed E-state index contributed by atoms with van der Waals surface area (Å²) in [6, 6.07) is 4.15. The second-order valence-electron chi connectivity index (χ2n) is 10.5. The van der Waals surface area contributed by atoms with Gasteiger partial charge in [-0.05, 0) is 80.5 Å². The van der Waals surface area contributed by atoms with E-state index in [0.29, 0.717) is 30.7 Å². The molecule has 1 N–H and O–H groups in total. The summed E-state index contributed by atoms with van der Waals surface area (Å²) < 4.78 is 32.8. The van der Waals surface area contributed by atoms with E-state index in [1.165, 1.54) is 29.8 Å². The Kier molecular flexibility index (Phi) is 8.83. The van der Waals surface area contributed by atoms with Crippen LogP contribution in [0.25, 0.3) is 0 Å². The van der Waals surface area contributed by atoms with Crippen molar-refractivity contribution >= 4 is 29.2 Å². The number of carbonyl (C=O) groups excluding carboxylic acids is 2. The van der Waals surface area contributed by atoms with Gasteiger partial charge in [0.05, 0.1) is 6.54 Å². The summed E-state index contributed by atoms with van der Waals surface area (Å²) in [5, 5.41) is 3.50. The van der Waals surface area contributed by atoms with Crippen LogP contribution in [0.5, 0.6) is 0 Å². The van der Waals surface area contributed by atoms with E-state index in [1.54, 1.807) is 0 Å². The van der Waals surface area contributed by atoms with Crippen LogP contribution in [0.4, 0.5) is 8.78 Å². The number of rotatable bonds is 5. The van der Waals surface area contributed by atoms with E-state index >= 15 is 0 Å². The van der Waals surface area contributed by atoms with Crippen molar-refractivity contribution < 1.29 is 23.1 Å². The lowest BCUT2D eigenvalue weighted by Gasteiger charge is -2.39. The molecule has 2 unspecified atom stereocenters. The van der Waals surface area contributed by atoms with E-state index in [2.05, 4.69) is 16.4 Å². The van der Waals surface area contributed by atoms with Gasteiger partial charge in [-0.3, -0.25) is 9.79 Å². The summed E-state index contributed by atoms with van der Waals surface area (Å²) in [5.74, 6) is -3.66. The minimum Gasteiger partial charge on any atom is -0.458 e. The summed E-state index contributed by atoms with van der Waals surface area (Å²) in [4.78, 5) is 32.6. The molecule has 0 spiro atoms. The molecule has 2 aliphatic heterocycles. The molecule has 0 aromatic heterocycles. The number of aliphatic imine (C=N–C) groups is 1. The Hall–Kier alpha value is -2.84. The molecule has 38 heavy (non-hydrogen) atoms. The lowest BCUT2D eigenvalue weighted by atomic mass is 9.92. The number of nitrogens with zero attached hydrogens (tertiary/aromatic N) is 2. The van der Waals surface area contributed by atoms with Gasteiger partial charge >= 0.3 is 5.97 Å². The van der Waals surface area contributed by atoms with Crippen LogP contribution in [-0.4, -0.2) is 54.2 Å². The van der Waals surface area contributed by atoms with Crippen molar-refractivity contribution in [3.05, 3.63) is 69.3 Å². The first-order chi connectivity index (χ1) is 18.0. The first-order valence-electron chi connectivity index (χ1n) is 13.0. The van der Waals surface area contributed by atoms with Gasteiger partial charge in [-0.15, -0.1) is 0 Å². The number of piperazine rings is 1. The molecular formula is C29H34ClF2N3O3. The number of alkyl halides is 2. The van der Waals surface area contributed by atoms with Crippen LogP contribution < -0.4 is 5.32 Å². The number of halogens is 3. The molecule has 1 saturated heterocycles. The Bertz CT molecular complexity index is 1210. The maximum atomic E-state index is 13.7. The number of amides is 1. The van der Waals surface area contributed by atoms with Gasteiger partial charge in [0, 0.05) is 48.8 Å². The molecule has 1 aliphatic carbocycles. The van der Waals surface area contributed by atoms with Gasteiger partial charge in [0.15, 0.2) is 0 Å². The SMILES string of the molecule is CC1CNCC(C)N1C(=O)C1=NCC2=CC(=C1)CC(=CC(=O)OCc1cc(Cl)cc(C(C)(F)F)c1)CCC2. The van der Waals surface area contributed by atoms with E-state index in [9.17, 15) is 18.4 Å². The van der Waals surface area contributed by atoms with Crippen LogP contribution in [0, 0.1) is 0 Å². The standard InChI is InChI=1S/C29H34ClF2N3O3/c1-18-14-33-15-19(2)35(18)28(37)26-11-22-7-20(5-4-6-21(8-22)16-34-26)12-27(36)38-17-23-9-24(29(3,31)32)13-25(30)10-23/h8-13,18-19,33H,4-7,14-17H2,1-3H3. The molecule has 1 aromatic rings. The molecule has 9 heteroatoms. The minimum absolute atomic E-state index is 0.0682. The Morgan fingerprint density at radius 3 is 2.63 bits per heavy atom. The molecule has 1 aromatic carbocycles. The number of carbonyl (C=O) groups is 2. The molecule has 0 radical (unpaired) electrons. The molecule has 2 bridgehead atoms. The third kappa shape index (κ3) is 7.17. The summed E-state index contributed by atoms with van der Waals surface area (Å²) in [7, 11) is 0. The van der Waals surface area contributed by atoms with Crippen molar-refractivity contribution in [2.75, 3.05) is 19.6 Å². The number of ether oxygens (including phenoxy) is 1. The van der Waals surface area contributed by atoms with E-state index < -0.39 is 11.9 Å². The molecule has 2 atom stereocenters. The van der Waals surface area contributed by atoms with Gasteiger partial charge in [-0.25, -0.2) is 13.6 Å². The van der Waals surface area contributed by atoms with Crippen molar-refractivity contribution in [3.63, 3.8) is 0 Å². The Balaban J connectivity index is 1.47. The highest BCUT2D eigenvalue weighted by Crippen LogP contribution is 2.31. The average Bonchev–Trinajstić information content (AvgIpc) is 3.04. The van der Waals surface area contributed by atoms with Crippen LogP contribution in [0.2, 0.25) is 5.02 Å². The number of hydrogen-bond donors (Lipinski definition) is 1. The van der Waals surface area contributed by atoms with Gasteiger partial charge in [-0.2, -0.15) is 0 Å². The fourth-order valence-electron chi connectivity index (χ4n) is 5.17. The number of fused-ring (bicyclic) bond motifs is 1. The average molecular weight is 546 g/mol. The number of esters is 1. The van der Waals surface area contributed by atoms with Crippen LogP contribution in [0.3, 0.4) is 0 Å². The molecule has 6 nitrogen and oxygen atoms in total. The number of nitrogens with one attached hydrogen (secondary N) is 1. The zero-order chi connectivity index (χ0) is 27.4. The third-order valence-corrected chi connectivity index (χ3v) is 7.26. The van der Waals surface area contributed by atoms with E-state index in [0.717, 1.165) is 44.0 Å². The van der Waals surface area contributed by atoms with Crippen molar-refractivity contribution in [1.82, 2.24) is 10.2 Å². The smallest absolute Gasteiger partial charge is 0.331 e. The third-order valence-electron chi connectivity index (χ3n) is 7.04. The van der Waals surface area contributed by atoms with Crippen molar-refractivity contribution in [2.24, 2.45) is 4.99 Å². The molecule has 3 aliphatic rings. The maximum Gasteiger partial charge on any atom is 0.331 e. The highest BCUT2D eigenvalue weighted by atomic mass is 35.5. The van der Waals surface area contributed by atoms with Crippen LogP contribution >= 0.6 is 11.6 Å². The lowest BCUT2D eigenvalue weighted by molar-refractivity contribution is -0.139. The molecule has 4 rings (SSSR count). The van der Waals surface area contributed by atoms with Gasteiger partial charge in [0.1, 0.15) is 12.3 Å². The van der Waals surface area contributed by atoms with Crippen molar-refractivity contribution in [3.8, 4) is 0 Å². The largest absolute Gasteiger partial charge is 0.458 e. The maximum absolute atomic E-state index is 13.7. The lowest BCUT2D eigenvalue weighted by Crippen LogP contribution is -2.58. The quantitative estimate of drug-likeness (QED) is 0.391. The zero-order valence-electron chi connectivity index (χ0n) is 22.0. The van der Waals surface area contributed by atoms with Gasteiger partial charge in [-0.1, -0.05) is 23.3 Å². The van der Waals surface area contributed by atoms with Crippen LogP contribution in [0.15, 0.2) is 58.1 Å². The van der Waals surface area contributed by atoms with E-state index in [-0.39, 0.29) is 35.2 Å². The predicted octanol–water partition coefficient (Wildman–Crippen LogP) is 5.51. The second kappa shape index (κ2) is 11.9. The Labute approximate surface area is 227 Å². The monoisotopic (exact) mass is 545 g/mol. The topological polar surface area (TPSA) is 71.0 Å². The highest BCUT2D eigenvalue weighted by Gasteiger charge is 2.31. The molecule has 204 valence electrons. The van der Waals surface area contributed by atoms with Crippen LogP contribution in [0.1, 0.15) is 57.6 Å². The summed E-state index contributed by atoms with van der Waals surface area (Å²) >= 11 is 5.99. The molecule has 0 saturated carbocycles. The summed E-state index contributed by atoms with van der Waals surface area (Å²) in [5.41, 5.74) is 3.61. The number of hydrogen-bond acceptors (Lipinski definition) is 5. The summed E-state index contributed by atoms with van der Waals surface area (Å²) in [6.07, 6.45) is 8.30. The highest BCUT2D eigenvalue weighted by molar-refractivity contribution is 6.43. The number of benzene rings is 1. The zero-order valence-corrected chi connectivity index (χ0v) is 22.8. The number of allylic oxidation sites excluding steroid dienone is 3. The van der Waals surface area contributed by atoms with Gasteiger partial charge in [0.25, 0.3) is 11.8 Å². The van der Waals surface area contributed by atoms with Gasteiger partial charge < -0.3 is 15.0 Å². The van der Waals surface area contributed by atoms with Crippen LogP contribution in [-0.2, 0) is 26.9 Å². The summed E-state index contributed by atoms with van der Waals surface area (Å²) in [6.45, 7) is 6.69. The molecular weight excluding hydrogens is 512 g/mol. The predicted molar refractivity (Wildman–Crippen MR) is 144 cm³/mol. The normalized spacial score (nSPS) is 23.5. The van der Waals surface area contributed by atoms with Crippen molar-refractivity contribution in [2.45, 2.75) is 71.1 Å². The molecule has 1 fully saturated rings. The fraction of sp³-hybridized carbons (Fsp3) is 0.483. The first kappa shape index (κ1) is 28.2. The first-order valence-corrected chi connectivity index (χ1v) is 13.4. The van der Waals surface area contributed by atoms with Gasteiger partial charge in [0.2, 0.25) is 0 Å². The second-order valence-corrected chi connectivity index (χ2v) is 10.9. The Morgan fingerprint density at radius 2 is 1.92 bits per heavy atom. The van der Waals surface area contributed by atoms with Crippen molar-refractivity contribution in [1.29, 1.82) is 0 Å². The minimum atomic E-state index is -3.05.